The first kappa shape index (κ1) is 15.1. The van der Waals surface area contributed by atoms with Crippen molar-refractivity contribution in [3.05, 3.63) is 35.5 Å². The van der Waals surface area contributed by atoms with Crippen molar-refractivity contribution in [2.45, 2.75) is 39.2 Å². The molecule has 1 aliphatic heterocycles. The molecule has 0 saturated carbocycles. The summed E-state index contributed by atoms with van der Waals surface area (Å²) >= 11 is 0. The third-order valence-corrected chi connectivity index (χ3v) is 4.33. The van der Waals surface area contributed by atoms with Crippen LogP contribution >= 0.6 is 0 Å². The van der Waals surface area contributed by atoms with Crippen molar-refractivity contribution in [2.24, 2.45) is 5.92 Å². The second-order valence-corrected chi connectivity index (χ2v) is 6.73. The van der Waals surface area contributed by atoms with Crippen molar-refractivity contribution in [3.63, 3.8) is 0 Å². The Morgan fingerprint density at radius 1 is 1.41 bits per heavy atom. The zero-order valence-corrected chi connectivity index (χ0v) is 13.5. The number of amides is 1. The summed E-state index contributed by atoms with van der Waals surface area (Å²) in [4.78, 5) is 15.4. The van der Waals surface area contributed by atoms with Crippen LogP contribution in [0.3, 0.4) is 0 Å². The van der Waals surface area contributed by atoms with Crippen LogP contribution in [-0.2, 0) is 21.6 Å². The summed E-state index contributed by atoms with van der Waals surface area (Å²) in [6.07, 6.45) is 1.46. The van der Waals surface area contributed by atoms with Gasteiger partial charge in [-0.15, -0.1) is 0 Å². The van der Waals surface area contributed by atoms with E-state index in [2.05, 4.69) is 35.4 Å². The van der Waals surface area contributed by atoms with Gasteiger partial charge in [0.1, 0.15) is 5.60 Å². The number of nitrogens with one attached hydrogen (secondary N) is 2. The van der Waals surface area contributed by atoms with Gasteiger partial charge >= 0.3 is 0 Å². The molecule has 1 aromatic heterocycles. The lowest BCUT2D eigenvalue weighted by atomic mass is 9.92. The topological polar surface area (TPSA) is 54.1 Å². The van der Waals surface area contributed by atoms with Crippen LogP contribution in [0.15, 0.2) is 24.3 Å². The fourth-order valence-corrected chi connectivity index (χ4v) is 3.21. The second-order valence-electron chi connectivity index (χ2n) is 6.73. The van der Waals surface area contributed by atoms with Gasteiger partial charge in [0.25, 0.3) is 0 Å². The van der Waals surface area contributed by atoms with E-state index in [0.29, 0.717) is 25.5 Å². The molecule has 0 fully saturated rings. The van der Waals surface area contributed by atoms with Crippen molar-refractivity contribution < 1.29 is 9.53 Å². The molecule has 3 rings (SSSR count). The largest absolute Gasteiger partial charge is 0.367 e. The van der Waals surface area contributed by atoms with Gasteiger partial charge in [0.15, 0.2) is 0 Å². The van der Waals surface area contributed by atoms with Gasteiger partial charge in [-0.25, -0.2) is 0 Å². The molecule has 0 radical (unpaired) electrons. The number of ether oxygens (including phenoxy) is 1. The predicted molar refractivity (Wildman–Crippen MR) is 87.8 cm³/mol. The van der Waals surface area contributed by atoms with Crippen LogP contribution in [0, 0.1) is 5.92 Å². The highest BCUT2D eigenvalue weighted by atomic mass is 16.5. The Morgan fingerprint density at radius 3 is 2.95 bits per heavy atom. The minimum absolute atomic E-state index is 0.0862. The molecule has 4 nitrogen and oxygen atoms in total. The van der Waals surface area contributed by atoms with Crippen molar-refractivity contribution in [2.75, 3.05) is 13.2 Å². The Morgan fingerprint density at radius 2 is 2.18 bits per heavy atom. The normalized spacial score (nSPS) is 21.1. The number of carbonyl (C=O) groups excluding carboxylic acids is 1. The van der Waals surface area contributed by atoms with Crippen LogP contribution in [-0.4, -0.2) is 24.0 Å². The minimum Gasteiger partial charge on any atom is -0.367 e. The number of rotatable bonds is 4. The van der Waals surface area contributed by atoms with E-state index in [0.717, 1.165) is 17.6 Å². The fraction of sp³-hybridized carbons (Fsp3) is 0.500. The van der Waals surface area contributed by atoms with Gasteiger partial charge < -0.3 is 15.0 Å². The number of fused-ring (bicyclic) bond motifs is 3. The van der Waals surface area contributed by atoms with Crippen LogP contribution in [0.25, 0.3) is 10.9 Å². The van der Waals surface area contributed by atoms with Gasteiger partial charge in [0.05, 0.1) is 18.8 Å². The molecule has 0 bridgehead atoms. The number of H-pyrrole nitrogens is 1. The fourth-order valence-electron chi connectivity index (χ4n) is 3.21. The van der Waals surface area contributed by atoms with E-state index in [4.69, 9.17) is 4.74 Å². The Balaban J connectivity index is 1.85. The Kier molecular flexibility index (Phi) is 3.96. The molecule has 2 heterocycles. The van der Waals surface area contributed by atoms with E-state index in [9.17, 15) is 4.79 Å². The molecule has 0 saturated heterocycles. The molecule has 22 heavy (non-hydrogen) atoms. The van der Waals surface area contributed by atoms with Crippen LogP contribution in [0.1, 0.15) is 38.4 Å². The van der Waals surface area contributed by atoms with Crippen LogP contribution in [0.2, 0.25) is 0 Å². The number of benzene rings is 1. The molecule has 1 unspecified atom stereocenters. The SMILES string of the molecule is CC(C)CC(=O)NCC1(C)OCCc2c1[nH]c1ccccc21. The monoisotopic (exact) mass is 300 g/mol. The molecule has 118 valence electrons. The van der Waals surface area contributed by atoms with E-state index in [1.54, 1.807) is 0 Å². The van der Waals surface area contributed by atoms with Gasteiger partial charge in [0, 0.05) is 17.3 Å². The summed E-state index contributed by atoms with van der Waals surface area (Å²) < 4.78 is 6.03. The van der Waals surface area contributed by atoms with Gasteiger partial charge in [-0.3, -0.25) is 4.79 Å². The van der Waals surface area contributed by atoms with Crippen LogP contribution in [0.4, 0.5) is 0 Å². The lowest BCUT2D eigenvalue weighted by Gasteiger charge is -2.34. The van der Waals surface area contributed by atoms with Gasteiger partial charge in [-0.2, -0.15) is 0 Å². The van der Waals surface area contributed by atoms with Crippen molar-refractivity contribution in [1.82, 2.24) is 10.3 Å². The number of hydrogen-bond donors (Lipinski definition) is 2. The van der Waals surface area contributed by atoms with Crippen molar-refractivity contribution >= 4 is 16.8 Å². The van der Waals surface area contributed by atoms with Gasteiger partial charge in [-0.1, -0.05) is 32.0 Å². The highest BCUT2D eigenvalue weighted by molar-refractivity contribution is 5.85. The molecule has 0 aliphatic carbocycles. The number of carbonyl (C=O) groups is 1. The molecule has 4 heteroatoms. The summed E-state index contributed by atoms with van der Waals surface area (Å²) in [6.45, 7) is 7.34. The molecule has 1 aromatic carbocycles. The summed E-state index contributed by atoms with van der Waals surface area (Å²) in [6, 6.07) is 8.33. The third kappa shape index (κ3) is 2.75. The van der Waals surface area contributed by atoms with Crippen LogP contribution < -0.4 is 5.32 Å². The van der Waals surface area contributed by atoms with E-state index < -0.39 is 5.60 Å². The molecular weight excluding hydrogens is 276 g/mol. The molecular formula is C18H24N2O2. The molecule has 2 aromatic rings. The summed E-state index contributed by atoms with van der Waals surface area (Å²) in [5.41, 5.74) is 3.07. The first-order chi connectivity index (χ1) is 10.5. The van der Waals surface area contributed by atoms with E-state index in [1.165, 1.54) is 10.9 Å². The summed E-state index contributed by atoms with van der Waals surface area (Å²) in [5.74, 6) is 0.451. The number of para-hydroxylation sites is 1. The van der Waals surface area contributed by atoms with E-state index in [-0.39, 0.29) is 5.91 Å². The molecule has 1 amide bonds. The second kappa shape index (κ2) is 5.76. The maximum absolute atomic E-state index is 11.9. The average molecular weight is 300 g/mol. The lowest BCUT2D eigenvalue weighted by Crippen LogP contribution is -2.44. The quantitative estimate of drug-likeness (QED) is 0.911. The zero-order valence-electron chi connectivity index (χ0n) is 13.5. The Labute approximate surface area is 131 Å². The Hall–Kier alpha value is -1.81. The Bertz CT molecular complexity index is 689. The van der Waals surface area contributed by atoms with Crippen molar-refractivity contribution in [3.8, 4) is 0 Å². The first-order valence-electron chi connectivity index (χ1n) is 8.00. The number of aromatic amines is 1. The van der Waals surface area contributed by atoms with E-state index in [1.807, 2.05) is 19.9 Å². The third-order valence-electron chi connectivity index (χ3n) is 4.33. The molecule has 0 spiro atoms. The predicted octanol–water partition coefficient (Wildman–Crippen LogP) is 3.12. The standard InChI is InChI=1S/C18H24N2O2/c1-12(2)10-16(21)19-11-18(3)17-14(8-9-22-18)13-6-4-5-7-15(13)20-17/h4-7,12,20H,8-11H2,1-3H3,(H,19,21). The lowest BCUT2D eigenvalue weighted by molar-refractivity contribution is -0.124. The van der Waals surface area contributed by atoms with Gasteiger partial charge in [0.2, 0.25) is 5.91 Å². The maximum atomic E-state index is 11.9. The maximum Gasteiger partial charge on any atom is 0.220 e. The molecule has 2 N–H and O–H groups in total. The van der Waals surface area contributed by atoms with Crippen molar-refractivity contribution in [1.29, 1.82) is 0 Å². The smallest absolute Gasteiger partial charge is 0.220 e. The minimum atomic E-state index is -0.487. The van der Waals surface area contributed by atoms with Gasteiger partial charge in [-0.05, 0) is 30.9 Å². The average Bonchev–Trinajstić information content (AvgIpc) is 2.86. The highest BCUT2D eigenvalue weighted by Crippen LogP contribution is 2.36. The summed E-state index contributed by atoms with van der Waals surface area (Å²) in [7, 11) is 0. The van der Waals surface area contributed by atoms with E-state index >= 15 is 0 Å². The summed E-state index contributed by atoms with van der Waals surface area (Å²) in [5, 5.41) is 4.29. The highest BCUT2D eigenvalue weighted by Gasteiger charge is 2.36. The molecule has 1 atom stereocenters. The first-order valence-corrected chi connectivity index (χ1v) is 8.00. The van der Waals surface area contributed by atoms with Crippen LogP contribution in [0.5, 0.6) is 0 Å². The molecule has 1 aliphatic rings. The number of aromatic nitrogens is 1. The number of hydrogen-bond acceptors (Lipinski definition) is 2. The zero-order chi connectivity index (χ0) is 15.7.